The third-order valence-corrected chi connectivity index (χ3v) is 4.13. The molecule has 0 spiro atoms. The molecule has 80 valence electrons. The van der Waals surface area contributed by atoms with E-state index in [1.165, 1.54) is 23.3 Å². The Kier molecular flexibility index (Phi) is 4.63. The van der Waals surface area contributed by atoms with E-state index in [1.807, 2.05) is 0 Å². The van der Waals surface area contributed by atoms with Gasteiger partial charge in [0, 0.05) is 10.9 Å². The van der Waals surface area contributed by atoms with Crippen LogP contribution in [-0.2, 0) is 0 Å². The SMILES string of the molecule is CCC(CC)C[C@H](N)c1sccc1C. The van der Waals surface area contributed by atoms with E-state index in [0.717, 1.165) is 12.3 Å². The zero-order valence-electron chi connectivity index (χ0n) is 9.42. The molecule has 0 radical (unpaired) electrons. The van der Waals surface area contributed by atoms with Gasteiger partial charge in [-0.25, -0.2) is 0 Å². The Labute approximate surface area is 91.3 Å². The van der Waals surface area contributed by atoms with E-state index >= 15 is 0 Å². The lowest BCUT2D eigenvalue weighted by Gasteiger charge is -2.17. The summed E-state index contributed by atoms with van der Waals surface area (Å²) in [5.41, 5.74) is 7.56. The first kappa shape index (κ1) is 11.7. The highest BCUT2D eigenvalue weighted by atomic mass is 32.1. The van der Waals surface area contributed by atoms with Gasteiger partial charge in [0.1, 0.15) is 0 Å². The first-order chi connectivity index (χ1) is 6.69. The van der Waals surface area contributed by atoms with Crippen molar-refractivity contribution in [3.63, 3.8) is 0 Å². The van der Waals surface area contributed by atoms with Crippen LogP contribution in [0.25, 0.3) is 0 Å². The molecule has 1 aromatic heterocycles. The van der Waals surface area contributed by atoms with E-state index < -0.39 is 0 Å². The summed E-state index contributed by atoms with van der Waals surface area (Å²) in [7, 11) is 0. The van der Waals surface area contributed by atoms with Gasteiger partial charge in [0.05, 0.1) is 0 Å². The summed E-state index contributed by atoms with van der Waals surface area (Å²) in [6.45, 7) is 6.66. The fraction of sp³-hybridized carbons (Fsp3) is 0.667. The predicted molar refractivity (Wildman–Crippen MR) is 64.7 cm³/mol. The molecule has 0 aliphatic heterocycles. The molecule has 2 heteroatoms. The van der Waals surface area contributed by atoms with Gasteiger partial charge < -0.3 is 5.73 Å². The molecule has 1 heterocycles. The fourth-order valence-electron chi connectivity index (χ4n) is 1.85. The van der Waals surface area contributed by atoms with Crippen molar-refractivity contribution in [2.45, 2.75) is 46.1 Å². The minimum absolute atomic E-state index is 0.250. The normalized spacial score (nSPS) is 13.5. The number of nitrogens with two attached hydrogens (primary N) is 1. The van der Waals surface area contributed by atoms with E-state index in [0.29, 0.717) is 0 Å². The van der Waals surface area contributed by atoms with Gasteiger partial charge in [0.2, 0.25) is 0 Å². The lowest BCUT2D eigenvalue weighted by Crippen LogP contribution is -2.14. The second-order valence-electron chi connectivity index (χ2n) is 3.99. The molecular formula is C12H21NS. The molecule has 14 heavy (non-hydrogen) atoms. The van der Waals surface area contributed by atoms with Crippen LogP contribution in [0.3, 0.4) is 0 Å². The predicted octanol–water partition coefficient (Wildman–Crippen LogP) is 3.88. The molecule has 0 aromatic carbocycles. The van der Waals surface area contributed by atoms with Gasteiger partial charge in [-0.15, -0.1) is 11.3 Å². The van der Waals surface area contributed by atoms with E-state index in [1.54, 1.807) is 11.3 Å². The second kappa shape index (κ2) is 5.52. The highest BCUT2D eigenvalue weighted by Crippen LogP contribution is 2.28. The summed E-state index contributed by atoms with van der Waals surface area (Å²) in [4.78, 5) is 1.37. The number of thiophene rings is 1. The highest BCUT2D eigenvalue weighted by Gasteiger charge is 2.14. The van der Waals surface area contributed by atoms with Crippen molar-refractivity contribution in [3.05, 3.63) is 21.9 Å². The number of rotatable bonds is 5. The summed E-state index contributed by atoms with van der Waals surface area (Å²) >= 11 is 1.80. The van der Waals surface area contributed by atoms with Crippen LogP contribution in [-0.4, -0.2) is 0 Å². The van der Waals surface area contributed by atoms with Crippen molar-refractivity contribution in [1.29, 1.82) is 0 Å². The molecule has 1 nitrogen and oxygen atoms in total. The van der Waals surface area contributed by atoms with Crippen LogP contribution in [0.5, 0.6) is 0 Å². The lowest BCUT2D eigenvalue weighted by molar-refractivity contribution is 0.416. The van der Waals surface area contributed by atoms with Crippen molar-refractivity contribution in [2.75, 3.05) is 0 Å². The Morgan fingerprint density at radius 2 is 2.00 bits per heavy atom. The molecule has 0 aliphatic carbocycles. The Bertz CT molecular complexity index is 263. The highest BCUT2D eigenvalue weighted by molar-refractivity contribution is 7.10. The van der Waals surface area contributed by atoms with Crippen LogP contribution in [0.4, 0.5) is 0 Å². The van der Waals surface area contributed by atoms with Crippen molar-refractivity contribution in [1.82, 2.24) is 0 Å². The molecule has 0 aliphatic rings. The van der Waals surface area contributed by atoms with E-state index in [9.17, 15) is 0 Å². The maximum absolute atomic E-state index is 6.20. The van der Waals surface area contributed by atoms with Crippen molar-refractivity contribution >= 4 is 11.3 Å². The van der Waals surface area contributed by atoms with Crippen molar-refractivity contribution in [3.8, 4) is 0 Å². The smallest absolute Gasteiger partial charge is 0.0395 e. The van der Waals surface area contributed by atoms with Gasteiger partial charge >= 0.3 is 0 Å². The summed E-state index contributed by atoms with van der Waals surface area (Å²) < 4.78 is 0. The fourth-order valence-corrected chi connectivity index (χ4v) is 2.80. The molecule has 0 unspecified atom stereocenters. The van der Waals surface area contributed by atoms with Crippen molar-refractivity contribution in [2.24, 2.45) is 11.7 Å². The first-order valence-electron chi connectivity index (χ1n) is 5.48. The molecule has 1 atom stereocenters. The molecule has 0 saturated heterocycles. The largest absolute Gasteiger partial charge is 0.323 e. The quantitative estimate of drug-likeness (QED) is 0.786. The van der Waals surface area contributed by atoms with E-state index in [4.69, 9.17) is 5.73 Å². The summed E-state index contributed by atoms with van der Waals surface area (Å²) in [6.07, 6.45) is 3.62. The zero-order chi connectivity index (χ0) is 10.6. The van der Waals surface area contributed by atoms with Crippen LogP contribution in [0.2, 0.25) is 0 Å². The van der Waals surface area contributed by atoms with Gasteiger partial charge in [0.15, 0.2) is 0 Å². The first-order valence-corrected chi connectivity index (χ1v) is 6.36. The van der Waals surface area contributed by atoms with E-state index in [-0.39, 0.29) is 6.04 Å². The Balaban J connectivity index is 2.58. The van der Waals surface area contributed by atoms with Crippen LogP contribution >= 0.6 is 11.3 Å². The maximum atomic E-state index is 6.20. The topological polar surface area (TPSA) is 26.0 Å². The van der Waals surface area contributed by atoms with Crippen LogP contribution < -0.4 is 5.73 Å². The van der Waals surface area contributed by atoms with Crippen molar-refractivity contribution < 1.29 is 0 Å². The second-order valence-corrected chi connectivity index (χ2v) is 4.94. The standard InChI is InChI=1S/C12H21NS/c1-4-10(5-2)8-11(13)12-9(3)6-7-14-12/h6-7,10-11H,4-5,8,13H2,1-3H3/t11-/m0/s1. The summed E-state index contributed by atoms with van der Waals surface area (Å²) in [6, 6.07) is 2.41. The number of aryl methyl sites for hydroxylation is 1. The molecule has 1 aromatic rings. The Morgan fingerprint density at radius 1 is 1.36 bits per heavy atom. The molecular weight excluding hydrogens is 190 g/mol. The van der Waals surface area contributed by atoms with Crippen LogP contribution in [0, 0.1) is 12.8 Å². The Morgan fingerprint density at radius 3 is 2.43 bits per heavy atom. The molecule has 0 fully saturated rings. The third-order valence-electron chi connectivity index (χ3n) is 2.98. The van der Waals surface area contributed by atoms with Crippen LogP contribution in [0.1, 0.15) is 49.6 Å². The average molecular weight is 211 g/mol. The molecule has 0 amide bonds. The molecule has 0 bridgehead atoms. The molecule has 0 saturated carbocycles. The van der Waals surface area contributed by atoms with Gasteiger partial charge in [-0.2, -0.15) is 0 Å². The van der Waals surface area contributed by atoms with Gasteiger partial charge in [-0.1, -0.05) is 26.7 Å². The average Bonchev–Trinajstić information content (AvgIpc) is 2.60. The monoisotopic (exact) mass is 211 g/mol. The Hall–Kier alpha value is -0.340. The maximum Gasteiger partial charge on any atom is 0.0395 e. The van der Waals surface area contributed by atoms with Gasteiger partial charge in [-0.05, 0) is 36.3 Å². The van der Waals surface area contributed by atoms with Gasteiger partial charge in [0.25, 0.3) is 0 Å². The number of hydrogen-bond donors (Lipinski definition) is 1. The van der Waals surface area contributed by atoms with Gasteiger partial charge in [-0.3, -0.25) is 0 Å². The number of hydrogen-bond acceptors (Lipinski definition) is 2. The minimum atomic E-state index is 0.250. The molecule has 2 N–H and O–H groups in total. The molecule has 1 rings (SSSR count). The minimum Gasteiger partial charge on any atom is -0.323 e. The zero-order valence-corrected chi connectivity index (χ0v) is 10.2. The summed E-state index contributed by atoms with van der Waals surface area (Å²) in [5.74, 6) is 0.784. The summed E-state index contributed by atoms with van der Waals surface area (Å²) in [5, 5.41) is 2.14. The van der Waals surface area contributed by atoms with Crippen LogP contribution in [0.15, 0.2) is 11.4 Å². The lowest BCUT2D eigenvalue weighted by atomic mass is 9.94. The third kappa shape index (κ3) is 2.82. The van der Waals surface area contributed by atoms with E-state index in [2.05, 4.69) is 32.2 Å².